The Morgan fingerprint density at radius 1 is 0.737 bits per heavy atom. The van der Waals surface area contributed by atoms with Crippen molar-refractivity contribution in [1.29, 1.82) is 0 Å². The monoisotopic (exact) mass is 603 g/mol. The lowest BCUT2D eigenvalue weighted by Crippen LogP contribution is -2.34. The first-order chi connectivity index (χ1) is 17.2. The smallest absolute Gasteiger partial charge is 0.247 e. The summed E-state index contributed by atoms with van der Waals surface area (Å²) in [6.07, 6.45) is 0. The molecule has 4 rings (SSSR count). The van der Waals surface area contributed by atoms with E-state index in [1.54, 1.807) is 69.4 Å². The molecule has 0 spiro atoms. The molecular formula is C26H35Cl2N3O5S2. The molecule has 2 aromatic rings. The minimum Gasteiger partial charge on any atom is -0.509 e. The second-order valence-electron chi connectivity index (χ2n) is 9.14. The van der Waals surface area contributed by atoms with Crippen molar-refractivity contribution in [2.24, 2.45) is 0 Å². The third kappa shape index (κ3) is 6.38. The maximum absolute atomic E-state index is 12.6. The van der Waals surface area contributed by atoms with E-state index < -0.39 is 20.0 Å². The highest BCUT2D eigenvalue weighted by Gasteiger charge is 2.40. The van der Waals surface area contributed by atoms with Crippen LogP contribution in [0.15, 0.2) is 60.0 Å². The van der Waals surface area contributed by atoms with Crippen molar-refractivity contribution < 1.29 is 21.9 Å². The van der Waals surface area contributed by atoms with Crippen LogP contribution in [-0.2, 0) is 20.0 Å². The van der Waals surface area contributed by atoms with Crippen molar-refractivity contribution in [2.45, 2.75) is 47.2 Å². The zero-order valence-corrected chi connectivity index (χ0v) is 24.4. The minimum atomic E-state index is -3.62. The number of aliphatic hydroxyl groups is 1. The van der Waals surface area contributed by atoms with Gasteiger partial charge in [0.05, 0.1) is 13.1 Å². The second kappa shape index (κ2) is 12.4. The average Bonchev–Trinajstić information content (AvgIpc) is 3.23. The zero-order valence-electron chi connectivity index (χ0n) is 21.2. The van der Waals surface area contributed by atoms with E-state index in [0.717, 1.165) is 5.70 Å². The Morgan fingerprint density at radius 3 is 1.47 bits per heavy atom. The normalized spacial score (nSPS) is 19.0. The van der Waals surface area contributed by atoms with Gasteiger partial charge in [-0.15, -0.1) is 0 Å². The first kappa shape index (κ1) is 32.1. The molecule has 2 N–H and O–H groups in total. The topological polar surface area (TPSA) is 107 Å². The van der Waals surface area contributed by atoms with Crippen molar-refractivity contribution >= 4 is 53.1 Å². The second-order valence-corrected chi connectivity index (χ2v) is 13.7. The van der Waals surface area contributed by atoms with Gasteiger partial charge in [0, 0.05) is 34.9 Å². The van der Waals surface area contributed by atoms with Gasteiger partial charge < -0.3 is 10.4 Å². The van der Waals surface area contributed by atoms with Crippen LogP contribution in [-0.4, -0.2) is 62.8 Å². The molecule has 0 saturated carbocycles. The fraction of sp³-hybridized carbons (Fsp3) is 0.385. The van der Waals surface area contributed by atoms with Crippen molar-refractivity contribution in [2.75, 3.05) is 20.1 Å². The third-order valence-electron chi connectivity index (χ3n) is 5.96. The zero-order chi connectivity index (χ0) is 27.7. The summed E-state index contributed by atoms with van der Waals surface area (Å²) in [5, 5.41) is 14.0. The lowest BCUT2D eigenvalue weighted by Gasteiger charge is -2.19. The van der Waals surface area contributed by atoms with Gasteiger partial charge in [0.2, 0.25) is 20.0 Å². The van der Waals surface area contributed by atoms with E-state index in [0.29, 0.717) is 32.6 Å². The number of likely N-dealkylation sites (N-methyl/N-ethyl adjacent to an activating group) is 1. The van der Waals surface area contributed by atoms with Gasteiger partial charge in [0.1, 0.15) is 15.6 Å². The van der Waals surface area contributed by atoms with Gasteiger partial charge in [-0.2, -0.15) is 8.61 Å². The summed E-state index contributed by atoms with van der Waals surface area (Å²) in [5.41, 5.74) is 1.84. The molecule has 0 saturated heterocycles. The average molecular weight is 605 g/mol. The van der Waals surface area contributed by atoms with Crippen LogP contribution in [0.25, 0.3) is 9.81 Å². The van der Waals surface area contributed by atoms with Crippen LogP contribution >= 0.6 is 23.2 Å². The molecule has 2 aromatic carbocycles. The summed E-state index contributed by atoms with van der Waals surface area (Å²) < 4.78 is 52.5. The van der Waals surface area contributed by atoms with Gasteiger partial charge in [-0.3, -0.25) is 0 Å². The lowest BCUT2D eigenvalue weighted by molar-refractivity contribution is 0.324. The molecule has 2 aliphatic rings. The number of rotatable bonds is 5. The van der Waals surface area contributed by atoms with E-state index in [1.165, 1.54) is 8.61 Å². The highest BCUT2D eigenvalue weighted by atomic mass is 35.5. The number of hydrogen-bond donors (Lipinski definition) is 2. The summed E-state index contributed by atoms with van der Waals surface area (Å²) >= 11 is 11.6. The SMILES string of the molecule is C.CC(C)N1CC(O)=C(c2ccc(Cl)cc2)S1(=O)=O.CNC1=C(c2ccc(Cl)cc2)S(=O)(=O)N(C(C)C)C1. The van der Waals surface area contributed by atoms with Gasteiger partial charge in [-0.05, 0) is 63.1 Å². The molecule has 8 nitrogen and oxygen atoms in total. The molecular weight excluding hydrogens is 569 g/mol. The molecule has 2 heterocycles. The Hall–Kier alpha value is -2.08. The molecule has 0 aromatic heterocycles. The van der Waals surface area contributed by atoms with Gasteiger partial charge in [-0.25, -0.2) is 16.8 Å². The number of nitrogens with one attached hydrogen (secondary N) is 1. The van der Waals surface area contributed by atoms with Crippen molar-refractivity contribution in [3.05, 3.63) is 81.2 Å². The van der Waals surface area contributed by atoms with Crippen LogP contribution in [0.1, 0.15) is 46.2 Å². The van der Waals surface area contributed by atoms with Crippen LogP contribution in [0.2, 0.25) is 10.0 Å². The third-order valence-corrected chi connectivity index (χ3v) is 10.8. The van der Waals surface area contributed by atoms with Crippen molar-refractivity contribution in [1.82, 2.24) is 13.9 Å². The Kier molecular flexibility index (Phi) is 10.5. The van der Waals surface area contributed by atoms with E-state index in [2.05, 4.69) is 5.32 Å². The van der Waals surface area contributed by atoms with E-state index in [1.807, 2.05) is 13.8 Å². The number of sulfonamides is 2. The molecule has 38 heavy (non-hydrogen) atoms. The van der Waals surface area contributed by atoms with E-state index in [9.17, 15) is 21.9 Å². The van der Waals surface area contributed by atoms with Gasteiger partial charge in [0.25, 0.3) is 0 Å². The van der Waals surface area contributed by atoms with Crippen molar-refractivity contribution in [3.63, 3.8) is 0 Å². The summed E-state index contributed by atoms with van der Waals surface area (Å²) in [5.74, 6) is -0.119. The van der Waals surface area contributed by atoms with E-state index in [4.69, 9.17) is 23.2 Å². The molecule has 0 bridgehead atoms. The first-order valence-electron chi connectivity index (χ1n) is 11.6. The molecule has 12 heteroatoms. The van der Waals surface area contributed by atoms with Crippen LogP contribution in [0.5, 0.6) is 0 Å². The molecule has 0 unspecified atom stereocenters. The Bertz CT molecular complexity index is 1420. The summed E-state index contributed by atoms with van der Waals surface area (Å²) in [6, 6.07) is 13.0. The molecule has 210 valence electrons. The predicted octanol–water partition coefficient (Wildman–Crippen LogP) is 5.54. The van der Waals surface area contributed by atoms with Gasteiger partial charge in [0.15, 0.2) is 0 Å². The maximum Gasteiger partial charge on any atom is 0.247 e. The van der Waals surface area contributed by atoms with Crippen LogP contribution in [0.4, 0.5) is 0 Å². The standard InChI is InChI=1S/C13H17ClN2O2S.C12H14ClNO3S.CH4/c1-9(2)16-8-12(15-3)13(19(16,17)18)10-4-6-11(14)7-5-10;1-8(2)14-7-11(15)12(18(14,16)17)9-3-5-10(13)6-4-9;/h4-7,9,15H,8H2,1-3H3;3-6,8,15H,7H2,1-2H3;1H4. The number of halogens is 2. The number of benzene rings is 2. The highest BCUT2D eigenvalue weighted by molar-refractivity contribution is 7.99. The molecule has 2 aliphatic heterocycles. The largest absolute Gasteiger partial charge is 0.509 e. The first-order valence-corrected chi connectivity index (χ1v) is 15.2. The Balaban J connectivity index is 0.000000260. The number of hydrogen-bond acceptors (Lipinski definition) is 6. The molecule has 0 aliphatic carbocycles. The van der Waals surface area contributed by atoms with Crippen LogP contribution in [0.3, 0.4) is 0 Å². The van der Waals surface area contributed by atoms with Gasteiger partial charge >= 0.3 is 0 Å². The lowest BCUT2D eigenvalue weighted by atomic mass is 10.2. The van der Waals surface area contributed by atoms with Crippen molar-refractivity contribution in [3.8, 4) is 0 Å². The molecule has 0 radical (unpaired) electrons. The van der Waals surface area contributed by atoms with E-state index >= 15 is 0 Å². The summed E-state index contributed by atoms with van der Waals surface area (Å²) in [7, 11) is -5.33. The quantitative estimate of drug-likeness (QED) is 0.465. The maximum atomic E-state index is 12.6. The number of aliphatic hydroxyl groups excluding tert-OH is 1. The molecule has 0 fully saturated rings. The van der Waals surface area contributed by atoms with E-state index in [-0.39, 0.29) is 36.7 Å². The van der Waals surface area contributed by atoms with Crippen LogP contribution in [0, 0.1) is 0 Å². The molecule has 0 atom stereocenters. The minimum absolute atomic E-state index is 0. The fourth-order valence-corrected chi connectivity index (χ4v) is 8.24. The Labute approximate surface area is 236 Å². The van der Waals surface area contributed by atoms with Crippen LogP contribution < -0.4 is 5.32 Å². The molecule has 0 amide bonds. The number of nitrogens with zero attached hydrogens (tertiary/aromatic N) is 2. The Morgan fingerprint density at radius 2 is 1.11 bits per heavy atom. The summed E-state index contributed by atoms with van der Waals surface area (Å²) in [6.45, 7) is 7.70. The van der Waals surface area contributed by atoms with Gasteiger partial charge in [-0.1, -0.05) is 54.9 Å². The summed E-state index contributed by atoms with van der Waals surface area (Å²) in [4.78, 5) is 0.327. The fourth-order valence-electron chi connectivity index (χ4n) is 4.11. The predicted molar refractivity (Wildman–Crippen MR) is 157 cm³/mol. The highest BCUT2D eigenvalue weighted by Crippen LogP contribution is 2.36.